The van der Waals surface area contributed by atoms with Crippen molar-refractivity contribution in [2.45, 2.75) is 43.9 Å². The van der Waals surface area contributed by atoms with Gasteiger partial charge in [-0.2, -0.15) is 0 Å². The average Bonchev–Trinajstić information content (AvgIpc) is 3.20. The molecule has 184 valence electrons. The van der Waals surface area contributed by atoms with Crippen LogP contribution in [0.4, 0.5) is 11.4 Å². The molecular weight excluding hydrogens is 456 g/mol. The molecule has 7 heteroatoms. The quantitative estimate of drug-likeness (QED) is 0.485. The molecule has 3 amide bonds. The lowest BCUT2D eigenvalue weighted by Crippen LogP contribution is -2.48. The molecule has 0 radical (unpaired) electrons. The number of carbonyl (C=O) groups is 4. The molecule has 2 aromatic rings. The Morgan fingerprint density at radius 2 is 1.50 bits per heavy atom. The molecule has 7 rings (SSSR count). The Morgan fingerprint density at radius 3 is 2.11 bits per heavy atom. The highest BCUT2D eigenvalue weighted by Crippen LogP contribution is 2.60. The van der Waals surface area contributed by atoms with Crippen molar-refractivity contribution in [1.29, 1.82) is 0 Å². The lowest BCUT2D eigenvalue weighted by atomic mass is 9.48. The number of amides is 3. The maximum atomic E-state index is 12.5. The summed E-state index contributed by atoms with van der Waals surface area (Å²) in [6.07, 6.45) is 10.4. The Hall–Kier alpha value is -3.74. The van der Waals surface area contributed by atoms with Gasteiger partial charge in [-0.1, -0.05) is 18.2 Å². The number of nitrogens with one attached hydrogen (secondary N) is 1. The van der Waals surface area contributed by atoms with E-state index in [0.29, 0.717) is 11.1 Å². The number of hydrogen-bond acceptors (Lipinski definition) is 5. The van der Waals surface area contributed by atoms with E-state index in [0.717, 1.165) is 22.7 Å². The van der Waals surface area contributed by atoms with Crippen LogP contribution in [-0.4, -0.2) is 30.3 Å². The summed E-state index contributed by atoms with van der Waals surface area (Å²) >= 11 is 0. The van der Waals surface area contributed by atoms with Crippen LogP contribution < -0.4 is 10.2 Å². The van der Waals surface area contributed by atoms with Gasteiger partial charge in [0.2, 0.25) is 0 Å². The smallest absolute Gasteiger partial charge is 0.338 e. The molecule has 0 atom stereocenters. The van der Waals surface area contributed by atoms with Crippen molar-refractivity contribution in [3.05, 3.63) is 71.8 Å². The van der Waals surface area contributed by atoms with Crippen molar-refractivity contribution in [3.8, 4) is 0 Å². The molecule has 0 spiro atoms. The molecule has 4 saturated carbocycles. The van der Waals surface area contributed by atoms with Crippen molar-refractivity contribution >= 4 is 35.1 Å². The summed E-state index contributed by atoms with van der Waals surface area (Å²) in [4.78, 5) is 49.6. The largest absolute Gasteiger partial charge is 0.452 e. The highest BCUT2D eigenvalue weighted by molar-refractivity contribution is 6.28. The normalized spacial score (nSPS) is 28.0. The fourth-order valence-electron chi connectivity index (χ4n) is 7.21. The molecule has 4 aliphatic carbocycles. The summed E-state index contributed by atoms with van der Waals surface area (Å²) in [6, 6.07) is 14.2. The van der Waals surface area contributed by atoms with Crippen LogP contribution in [-0.2, 0) is 24.5 Å². The van der Waals surface area contributed by atoms with Gasteiger partial charge < -0.3 is 10.1 Å². The summed E-state index contributed by atoms with van der Waals surface area (Å²) in [5.41, 5.74) is 2.78. The predicted octanol–water partition coefficient (Wildman–Crippen LogP) is 4.38. The first-order valence-corrected chi connectivity index (χ1v) is 12.6. The van der Waals surface area contributed by atoms with Crippen LogP contribution >= 0.6 is 0 Å². The van der Waals surface area contributed by atoms with E-state index in [1.54, 1.807) is 12.1 Å². The van der Waals surface area contributed by atoms with Crippen LogP contribution in [0.25, 0.3) is 0 Å². The molecule has 1 aliphatic heterocycles. The molecule has 4 bridgehead atoms. The van der Waals surface area contributed by atoms with E-state index in [1.165, 1.54) is 68.4 Å². The number of hydrogen-bond donors (Lipinski definition) is 1. The minimum Gasteiger partial charge on any atom is -0.452 e. The Labute approximate surface area is 209 Å². The molecule has 7 nitrogen and oxygen atoms in total. The van der Waals surface area contributed by atoms with Gasteiger partial charge in [0.25, 0.3) is 17.7 Å². The van der Waals surface area contributed by atoms with Gasteiger partial charge in [-0.25, -0.2) is 9.69 Å². The van der Waals surface area contributed by atoms with Gasteiger partial charge in [-0.15, -0.1) is 0 Å². The summed E-state index contributed by atoms with van der Waals surface area (Å²) in [5, 5.41) is 2.80. The SMILES string of the molecule is O=C(COC(=O)c1cccc(N2C(=O)C=CC2=O)c1)Nc1ccc(C23CC4CC(CC(C4)C2)C3)cc1. The van der Waals surface area contributed by atoms with E-state index < -0.39 is 30.3 Å². The van der Waals surface area contributed by atoms with E-state index in [9.17, 15) is 19.2 Å². The molecule has 2 aromatic carbocycles. The number of carbonyl (C=O) groups excluding carboxylic acids is 4. The number of benzene rings is 2. The summed E-state index contributed by atoms with van der Waals surface area (Å²) < 4.78 is 5.17. The predicted molar refractivity (Wildman–Crippen MR) is 133 cm³/mol. The highest BCUT2D eigenvalue weighted by Gasteiger charge is 2.51. The molecule has 0 saturated heterocycles. The standard InChI is InChI=1S/C29H28N2O5/c32-25(17-36-28(35)21-2-1-3-24(13-21)31-26(33)8-9-27(31)34)30-23-6-4-22(5-7-23)29-14-18-10-19(15-29)12-20(11-18)16-29/h1-9,13,18-20H,10-12,14-17H2,(H,30,32). The van der Waals surface area contributed by atoms with Crippen LogP contribution in [0, 0.1) is 17.8 Å². The lowest BCUT2D eigenvalue weighted by molar-refractivity contribution is -0.120. The second kappa shape index (κ2) is 8.73. The fourth-order valence-corrected chi connectivity index (χ4v) is 7.21. The van der Waals surface area contributed by atoms with Gasteiger partial charge in [0.1, 0.15) is 0 Å². The monoisotopic (exact) mass is 484 g/mol. The molecule has 1 heterocycles. The van der Waals surface area contributed by atoms with E-state index in [-0.39, 0.29) is 11.3 Å². The fraction of sp³-hybridized carbons (Fsp3) is 0.379. The highest BCUT2D eigenvalue weighted by atomic mass is 16.5. The number of rotatable bonds is 6. The number of nitrogens with zero attached hydrogens (tertiary/aromatic N) is 1. The van der Waals surface area contributed by atoms with Gasteiger partial charge in [-0.3, -0.25) is 14.4 Å². The van der Waals surface area contributed by atoms with Gasteiger partial charge in [-0.05, 0) is 97.6 Å². The van der Waals surface area contributed by atoms with Crippen LogP contribution in [0.2, 0.25) is 0 Å². The number of anilines is 2. The van der Waals surface area contributed by atoms with Crippen molar-refractivity contribution in [2.24, 2.45) is 17.8 Å². The Morgan fingerprint density at radius 1 is 0.889 bits per heavy atom. The van der Waals surface area contributed by atoms with Crippen LogP contribution in [0.1, 0.15) is 54.4 Å². The van der Waals surface area contributed by atoms with Crippen LogP contribution in [0.3, 0.4) is 0 Å². The van der Waals surface area contributed by atoms with Gasteiger partial charge in [0.15, 0.2) is 6.61 Å². The first-order valence-electron chi connectivity index (χ1n) is 12.6. The minimum atomic E-state index is -0.712. The van der Waals surface area contributed by atoms with Crippen molar-refractivity contribution in [3.63, 3.8) is 0 Å². The van der Waals surface area contributed by atoms with Crippen molar-refractivity contribution in [2.75, 3.05) is 16.8 Å². The number of imide groups is 1. The van der Waals surface area contributed by atoms with Crippen LogP contribution in [0.5, 0.6) is 0 Å². The van der Waals surface area contributed by atoms with Gasteiger partial charge >= 0.3 is 5.97 Å². The van der Waals surface area contributed by atoms with Gasteiger partial charge in [0.05, 0.1) is 11.3 Å². The second-order valence-corrected chi connectivity index (χ2v) is 10.8. The zero-order valence-electron chi connectivity index (χ0n) is 19.9. The average molecular weight is 485 g/mol. The molecule has 0 unspecified atom stereocenters. The molecule has 5 aliphatic rings. The minimum absolute atomic E-state index is 0.146. The molecule has 4 fully saturated rings. The zero-order chi connectivity index (χ0) is 24.9. The first-order chi connectivity index (χ1) is 17.4. The Balaban J connectivity index is 1.05. The van der Waals surface area contributed by atoms with Crippen molar-refractivity contribution < 1.29 is 23.9 Å². The van der Waals surface area contributed by atoms with Crippen LogP contribution in [0.15, 0.2) is 60.7 Å². The third-order valence-corrected chi connectivity index (χ3v) is 8.30. The summed E-state index contributed by atoms with van der Waals surface area (Å²) in [5.74, 6) is 0.530. The van der Waals surface area contributed by atoms with E-state index in [2.05, 4.69) is 17.4 Å². The first kappa shape index (κ1) is 22.7. The molecule has 1 N–H and O–H groups in total. The van der Waals surface area contributed by atoms with E-state index in [1.807, 2.05) is 12.1 Å². The van der Waals surface area contributed by atoms with E-state index in [4.69, 9.17) is 4.74 Å². The lowest BCUT2D eigenvalue weighted by Gasteiger charge is -2.57. The molecule has 0 aromatic heterocycles. The molecular formula is C29H28N2O5. The maximum absolute atomic E-state index is 12.5. The van der Waals surface area contributed by atoms with Gasteiger partial charge in [0, 0.05) is 17.8 Å². The summed E-state index contributed by atoms with van der Waals surface area (Å²) in [6.45, 7) is -0.442. The zero-order valence-corrected chi connectivity index (χ0v) is 19.9. The Bertz CT molecular complexity index is 1230. The topological polar surface area (TPSA) is 92.8 Å². The second-order valence-electron chi connectivity index (χ2n) is 10.8. The Kier molecular flexibility index (Phi) is 5.51. The summed E-state index contributed by atoms with van der Waals surface area (Å²) in [7, 11) is 0. The third kappa shape index (κ3) is 4.12. The maximum Gasteiger partial charge on any atom is 0.338 e. The molecule has 36 heavy (non-hydrogen) atoms. The van der Waals surface area contributed by atoms with E-state index >= 15 is 0 Å². The third-order valence-electron chi connectivity index (χ3n) is 8.30. The van der Waals surface area contributed by atoms with Crippen molar-refractivity contribution in [1.82, 2.24) is 0 Å². The number of esters is 1. The number of ether oxygens (including phenoxy) is 1.